The molecule has 140 valence electrons. The number of ether oxygens (including phenoxy) is 1. The van der Waals surface area contributed by atoms with Gasteiger partial charge in [-0.2, -0.15) is 0 Å². The van der Waals surface area contributed by atoms with Gasteiger partial charge in [0, 0.05) is 12.5 Å². The van der Waals surface area contributed by atoms with E-state index in [9.17, 15) is 0 Å². The van der Waals surface area contributed by atoms with Gasteiger partial charge in [-0.1, -0.05) is 106 Å². The molecule has 2 aromatic carbocycles. The van der Waals surface area contributed by atoms with Crippen LogP contribution in [0.4, 0.5) is 0 Å². The van der Waals surface area contributed by atoms with Crippen LogP contribution >= 0.6 is 0 Å². The molecule has 1 aliphatic heterocycles. The molecule has 0 aromatic heterocycles. The summed E-state index contributed by atoms with van der Waals surface area (Å²) in [6.07, 6.45) is 5.48. The van der Waals surface area contributed by atoms with Crippen molar-refractivity contribution in [3.63, 3.8) is 0 Å². The lowest BCUT2D eigenvalue weighted by Gasteiger charge is -2.39. The molecule has 1 fully saturated rings. The fourth-order valence-corrected chi connectivity index (χ4v) is 8.50. The molecule has 1 unspecified atom stereocenters. The highest BCUT2D eigenvalue weighted by Gasteiger charge is 2.43. The van der Waals surface area contributed by atoms with E-state index in [0.29, 0.717) is 12.0 Å². The van der Waals surface area contributed by atoms with Gasteiger partial charge in [-0.3, -0.25) is 0 Å². The van der Waals surface area contributed by atoms with Crippen LogP contribution in [0.25, 0.3) is 0 Å². The molecular formula is C24H34OSi. The maximum absolute atomic E-state index is 6.44. The Morgan fingerprint density at radius 2 is 1.65 bits per heavy atom. The second-order valence-electron chi connectivity index (χ2n) is 8.54. The molecule has 0 amide bonds. The van der Waals surface area contributed by atoms with Crippen molar-refractivity contribution < 1.29 is 4.74 Å². The van der Waals surface area contributed by atoms with Crippen molar-refractivity contribution in [1.29, 1.82) is 0 Å². The van der Waals surface area contributed by atoms with Crippen LogP contribution in [0.5, 0.6) is 0 Å². The topological polar surface area (TPSA) is 9.23 Å². The fourth-order valence-electron chi connectivity index (χ4n) is 4.74. The van der Waals surface area contributed by atoms with E-state index in [1.807, 2.05) is 0 Å². The van der Waals surface area contributed by atoms with Crippen molar-refractivity contribution in [2.75, 3.05) is 6.61 Å². The highest BCUT2D eigenvalue weighted by atomic mass is 28.3. The minimum absolute atomic E-state index is 0.398. The fraction of sp³-hybridized carbons (Fsp3) is 0.500. The van der Waals surface area contributed by atoms with Gasteiger partial charge in [-0.05, 0) is 23.6 Å². The normalized spacial score (nSPS) is 21.7. The Hall–Kier alpha value is -1.38. The quantitative estimate of drug-likeness (QED) is 0.478. The first-order valence-electron chi connectivity index (χ1n) is 10.3. The molecule has 26 heavy (non-hydrogen) atoms. The molecule has 1 heterocycles. The molecule has 0 aliphatic carbocycles. The zero-order valence-corrected chi connectivity index (χ0v) is 17.7. The summed E-state index contributed by atoms with van der Waals surface area (Å²) in [5, 5.41) is 0. The van der Waals surface area contributed by atoms with E-state index in [-0.39, 0.29) is 0 Å². The van der Waals surface area contributed by atoms with Gasteiger partial charge in [0.2, 0.25) is 0 Å². The monoisotopic (exact) mass is 366 g/mol. The Labute approximate surface area is 160 Å². The zero-order chi connectivity index (χ0) is 18.4. The first kappa shape index (κ1) is 19.4. The lowest BCUT2D eigenvalue weighted by atomic mass is 9.89. The molecule has 1 nitrogen and oxygen atoms in total. The predicted molar refractivity (Wildman–Crippen MR) is 114 cm³/mol. The van der Waals surface area contributed by atoms with Crippen LogP contribution in [0, 0.1) is 0 Å². The smallest absolute Gasteiger partial charge is 0.0649 e. The number of unbranched alkanes of at least 4 members (excludes halogenated alkanes) is 1. The zero-order valence-electron chi connectivity index (χ0n) is 16.7. The standard InChI is InChI=1S/C24H34OSi/c1-4-5-16-23(26(2,3)19-20-12-8-6-9-13-20)24-22(17-18-25-24)21-14-10-7-11-15-21/h6-15,22-24H,4-5,16-19H2,1-3H3/t22?,23-,24+/m0/s1. The van der Waals surface area contributed by atoms with E-state index in [1.165, 1.54) is 42.9 Å². The average Bonchev–Trinajstić information content (AvgIpc) is 3.12. The van der Waals surface area contributed by atoms with Gasteiger partial charge < -0.3 is 4.74 Å². The minimum Gasteiger partial charge on any atom is -0.378 e. The third kappa shape index (κ3) is 4.66. The van der Waals surface area contributed by atoms with Crippen molar-refractivity contribution in [3.05, 3.63) is 71.8 Å². The molecule has 2 heteroatoms. The Balaban J connectivity index is 1.84. The van der Waals surface area contributed by atoms with Crippen molar-refractivity contribution in [3.8, 4) is 0 Å². The molecule has 0 radical (unpaired) electrons. The summed E-state index contributed by atoms with van der Waals surface area (Å²) >= 11 is 0. The molecule has 0 bridgehead atoms. The summed E-state index contributed by atoms with van der Waals surface area (Å²) in [6, 6.07) is 23.4. The summed E-state index contributed by atoms with van der Waals surface area (Å²) in [6.45, 7) is 8.41. The third-order valence-electron chi connectivity index (χ3n) is 6.14. The number of rotatable bonds is 8. The molecule has 3 atom stereocenters. The predicted octanol–water partition coefficient (Wildman–Crippen LogP) is 6.61. The maximum atomic E-state index is 6.44. The van der Waals surface area contributed by atoms with Gasteiger partial charge in [0.1, 0.15) is 0 Å². The lowest BCUT2D eigenvalue weighted by Crippen LogP contribution is -2.43. The Kier molecular flexibility index (Phi) is 6.72. The van der Waals surface area contributed by atoms with Gasteiger partial charge >= 0.3 is 0 Å². The Morgan fingerprint density at radius 3 is 2.31 bits per heavy atom. The summed E-state index contributed by atoms with van der Waals surface area (Å²) in [5.41, 5.74) is 3.69. The molecule has 0 spiro atoms. The van der Waals surface area contributed by atoms with Gasteiger partial charge in [0.25, 0.3) is 0 Å². The minimum atomic E-state index is -1.48. The number of benzene rings is 2. The third-order valence-corrected chi connectivity index (χ3v) is 10.1. The second-order valence-corrected chi connectivity index (χ2v) is 13.6. The molecular weight excluding hydrogens is 332 g/mol. The van der Waals surface area contributed by atoms with E-state index < -0.39 is 8.07 Å². The van der Waals surface area contributed by atoms with Crippen molar-refractivity contribution in [1.82, 2.24) is 0 Å². The van der Waals surface area contributed by atoms with E-state index in [2.05, 4.69) is 80.7 Å². The first-order valence-corrected chi connectivity index (χ1v) is 13.6. The molecule has 0 N–H and O–H groups in total. The number of hydrogen-bond acceptors (Lipinski definition) is 1. The summed E-state index contributed by atoms with van der Waals surface area (Å²) in [5.74, 6) is 0.570. The van der Waals surface area contributed by atoms with Crippen molar-refractivity contribution >= 4 is 8.07 Å². The highest BCUT2D eigenvalue weighted by Crippen LogP contribution is 2.45. The summed E-state index contributed by atoms with van der Waals surface area (Å²) < 4.78 is 6.44. The van der Waals surface area contributed by atoms with Crippen LogP contribution in [0.1, 0.15) is 49.7 Å². The summed E-state index contributed by atoms with van der Waals surface area (Å²) in [4.78, 5) is 0. The van der Waals surface area contributed by atoms with E-state index >= 15 is 0 Å². The van der Waals surface area contributed by atoms with Crippen LogP contribution in [-0.2, 0) is 10.8 Å². The van der Waals surface area contributed by atoms with Gasteiger partial charge in [0.05, 0.1) is 14.2 Å². The average molecular weight is 367 g/mol. The van der Waals surface area contributed by atoms with E-state index in [4.69, 9.17) is 4.74 Å². The summed E-state index contributed by atoms with van der Waals surface area (Å²) in [7, 11) is -1.48. The Morgan fingerprint density at radius 1 is 1.00 bits per heavy atom. The van der Waals surface area contributed by atoms with Crippen LogP contribution < -0.4 is 0 Å². The van der Waals surface area contributed by atoms with Crippen LogP contribution in [0.3, 0.4) is 0 Å². The van der Waals surface area contributed by atoms with Crippen molar-refractivity contribution in [2.24, 2.45) is 0 Å². The van der Waals surface area contributed by atoms with E-state index in [0.717, 1.165) is 12.1 Å². The number of hydrogen-bond donors (Lipinski definition) is 0. The maximum Gasteiger partial charge on any atom is 0.0649 e. The molecule has 1 saturated heterocycles. The lowest BCUT2D eigenvalue weighted by molar-refractivity contribution is 0.0922. The molecule has 2 aromatic rings. The van der Waals surface area contributed by atoms with Gasteiger partial charge in [-0.15, -0.1) is 0 Å². The largest absolute Gasteiger partial charge is 0.378 e. The SMILES string of the molecule is CCCC[C@@H]([C@@H]1OCCC1c1ccccc1)[Si](C)(C)Cc1ccccc1. The highest BCUT2D eigenvalue weighted by molar-refractivity contribution is 6.78. The van der Waals surface area contributed by atoms with Crippen molar-refractivity contribution in [2.45, 2.75) is 69.3 Å². The molecule has 1 aliphatic rings. The van der Waals surface area contributed by atoms with Gasteiger partial charge in [0.15, 0.2) is 0 Å². The van der Waals surface area contributed by atoms with Gasteiger partial charge in [-0.25, -0.2) is 0 Å². The second kappa shape index (κ2) is 9.01. The Bertz CT molecular complexity index is 652. The van der Waals surface area contributed by atoms with Crippen LogP contribution in [0.15, 0.2) is 60.7 Å². The first-order chi connectivity index (χ1) is 12.6. The van der Waals surface area contributed by atoms with Crippen LogP contribution in [-0.4, -0.2) is 20.8 Å². The van der Waals surface area contributed by atoms with Crippen LogP contribution in [0.2, 0.25) is 18.6 Å². The molecule has 3 rings (SSSR count). The molecule has 0 saturated carbocycles. The van der Waals surface area contributed by atoms with E-state index in [1.54, 1.807) is 0 Å².